The average molecular weight is 317 g/mol. The van der Waals surface area contributed by atoms with Crippen molar-refractivity contribution in [3.05, 3.63) is 17.7 Å². The normalized spacial score (nSPS) is 20.3. The minimum atomic E-state index is -4.81. The number of aryl methyl sites for hydroxylation is 1. The highest BCUT2D eigenvalue weighted by molar-refractivity contribution is 6.63. The molecule has 0 bridgehead atoms. The van der Waals surface area contributed by atoms with E-state index in [2.05, 4.69) is 4.74 Å². The highest BCUT2D eigenvalue weighted by Crippen LogP contribution is 2.38. The Morgan fingerprint density at radius 2 is 1.59 bits per heavy atom. The predicted molar refractivity (Wildman–Crippen MR) is 78.0 cm³/mol. The number of anilines is 1. The van der Waals surface area contributed by atoms with E-state index < -0.39 is 24.7 Å². The number of hydrogen-bond acceptors (Lipinski definition) is 4. The zero-order chi connectivity index (χ0) is 16.9. The van der Waals surface area contributed by atoms with Gasteiger partial charge in [-0.2, -0.15) is 0 Å². The number of benzene rings is 1. The summed E-state index contributed by atoms with van der Waals surface area (Å²) >= 11 is 0. The molecule has 8 heteroatoms. The third kappa shape index (κ3) is 3.17. The van der Waals surface area contributed by atoms with Gasteiger partial charge in [0.15, 0.2) is 0 Å². The summed E-state index contributed by atoms with van der Waals surface area (Å²) in [4.78, 5) is 0. The second-order valence-electron chi connectivity index (χ2n) is 6.39. The molecule has 1 aromatic carbocycles. The number of ether oxygens (including phenoxy) is 1. The molecule has 1 aliphatic rings. The summed E-state index contributed by atoms with van der Waals surface area (Å²) in [6.45, 7) is 8.76. The lowest BCUT2D eigenvalue weighted by molar-refractivity contribution is -0.274. The topological polar surface area (TPSA) is 53.7 Å². The number of halogens is 3. The molecule has 0 amide bonds. The monoisotopic (exact) mass is 317 g/mol. The van der Waals surface area contributed by atoms with Crippen LogP contribution in [0, 0.1) is 6.92 Å². The molecule has 0 atom stereocenters. The molecular weight excluding hydrogens is 298 g/mol. The summed E-state index contributed by atoms with van der Waals surface area (Å²) in [5.74, 6) is -0.333. The Kier molecular flexibility index (Phi) is 3.90. The first-order valence-corrected chi connectivity index (χ1v) is 6.84. The van der Waals surface area contributed by atoms with Crippen LogP contribution in [0.3, 0.4) is 0 Å². The van der Waals surface area contributed by atoms with Crippen LogP contribution in [0.4, 0.5) is 18.9 Å². The third-order valence-corrected chi connectivity index (χ3v) is 4.05. The molecule has 22 heavy (non-hydrogen) atoms. The van der Waals surface area contributed by atoms with Gasteiger partial charge in [0, 0.05) is 11.2 Å². The van der Waals surface area contributed by atoms with E-state index >= 15 is 0 Å². The number of rotatable bonds is 2. The molecule has 1 heterocycles. The molecule has 1 saturated heterocycles. The van der Waals surface area contributed by atoms with Gasteiger partial charge in [0.25, 0.3) is 0 Å². The molecule has 1 fully saturated rings. The lowest BCUT2D eigenvalue weighted by atomic mass is 9.77. The zero-order valence-electron chi connectivity index (χ0n) is 13.2. The number of nitrogens with two attached hydrogens (primary N) is 1. The van der Waals surface area contributed by atoms with Crippen molar-refractivity contribution >= 4 is 18.3 Å². The molecule has 0 saturated carbocycles. The Hall–Kier alpha value is -1.41. The van der Waals surface area contributed by atoms with Crippen LogP contribution >= 0.6 is 0 Å². The lowest BCUT2D eigenvalue weighted by Crippen LogP contribution is -2.41. The Labute approximate surface area is 127 Å². The average Bonchev–Trinajstić information content (AvgIpc) is 2.50. The van der Waals surface area contributed by atoms with Crippen molar-refractivity contribution in [2.75, 3.05) is 5.73 Å². The number of alkyl halides is 3. The van der Waals surface area contributed by atoms with Gasteiger partial charge < -0.3 is 19.8 Å². The minimum Gasteiger partial charge on any atom is -0.406 e. The second-order valence-corrected chi connectivity index (χ2v) is 6.39. The Balaban J connectivity index is 2.47. The van der Waals surface area contributed by atoms with Gasteiger partial charge >= 0.3 is 13.5 Å². The summed E-state index contributed by atoms with van der Waals surface area (Å²) in [6.07, 6.45) is -4.81. The summed E-state index contributed by atoms with van der Waals surface area (Å²) < 4.78 is 53.7. The molecule has 1 aliphatic heterocycles. The first-order valence-electron chi connectivity index (χ1n) is 6.84. The molecule has 0 aliphatic carbocycles. The van der Waals surface area contributed by atoms with Crippen LogP contribution in [0.25, 0.3) is 0 Å². The fourth-order valence-corrected chi connectivity index (χ4v) is 2.23. The maximum absolute atomic E-state index is 12.7. The maximum atomic E-state index is 12.7. The largest absolute Gasteiger partial charge is 0.573 e. The molecule has 1 aromatic rings. The summed E-state index contributed by atoms with van der Waals surface area (Å²) in [6, 6.07) is 2.80. The van der Waals surface area contributed by atoms with Crippen molar-refractivity contribution < 1.29 is 27.2 Å². The third-order valence-electron chi connectivity index (χ3n) is 4.05. The van der Waals surface area contributed by atoms with E-state index in [1.54, 1.807) is 0 Å². The Morgan fingerprint density at radius 1 is 1.09 bits per heavy atom. The Morgan fingerprint density at radius 3 is 2.05 bits per heavy atom. The molecule has 2 rings (SSSR count). The molecule has 2 N–H and O–H groups in total. The van der Waals surface area contributed by atoms with E-state index in [1.807, 2.05) is 27.7 Å². The van der Waals surface area contributed by atoms with Gasteiger partial charge in [-0.15, -0.1) is 13.2 Å². The first-order chi connectivity index (χ1) is 9.82. The van der Waals surface area contributed by atoms with Crippen LogP contribution in [0.15, 0.2) is 12.1 Å². The van der Waals surface area contributed by atoms with E-state index in [0.29, 0.717) is 5.69 Å². The van der Waals surface area contributed by atoms with E-state index in [1.165, 1.54) is 19.1 Å². The first kappa shape index (κ1) is 17.0. The maximum Gasteiger partial charge on any atom is 0.573 e. The van der Waals surface area contributed by atoms with Gasteiger partial charge in [-0.1, -0.05) is 0 Å². The van der Waals surface area contributed by atoms with Crippen molar-refractivity contribution in [1.29, 1.82) is 0 Å². The van der Waals surface area contributed by atoms with Crippen LogP contribution in [0.5, 0.6) is 5.75 Å². The van der Waals surface area contributed by atoms with Crippen LogP contribution in [-0.4, -0.2) is 24.7 Å². The smallest absolute Gasteiger partial charge is 0.406 e. The van der Waals surface area contributed by atoms with Crippen LogP contribution in [-0.2, 0) is 9.31 Å². The van der Waals surface area contributed by atoms with Crippen LogP contribution < -0.4 is 15.9 Å². The summed E-state index contributed by atoms with van der Waals surface area (Å²) in [5.41, 5.74) is 5.11. The minimum absolute atomic E-state index is 0.133. The van der Waals surface area contributed by atoms with Gasteiger partial charge in [-0.3, -0.25) is 0 Å². The lowest BCUT2D eigenvalue weighted by Gasteiger charge is -2.32. The zero-order valence-corrected chi connectivity index (χ0v) is 13.2. The standard InChI is InChI=1S/C14H19BF3NO3/c1-8-6-9(19)7-10(11(8)20-14(16,17)18)15-21-12(2,3)13(4,5)22-15/h6-7H,19H2,1-5H3. The quantitative estimate of drug-likeness (QED) is 0.673. The van der Waals surface area contributed by atoms with Crippen molar-refractivity contribution in [2.45, 2.75) is 52.2 Å². The number of nitrogen functional groups attached to an aromatic ring is 1. The van der Waals surface area contributed by atoms with Gasteiger partial charge in [0.1, 0.15) is 5.75 Å². The molecule has 4 nitrogen and oxygen atoms in total. The Bertz CT molecular complexity index is 571. The van der Waals surface area contributed by atoms with E-state index in [4.69, 9.17) is 15.0 Å². The van der Waals surface area contributed by atoms with Gasteiger partial charge in [0.2, 0.25) is 0 Å². The molecule has 0 spiro atoms. The van der Waals surface area contributed by atoms with Crippen molar-refractivity contribution in [2.24, 2.45) is 0 Å². The fraction of sp³-hybridized carbons (Fsp3) is 0.571. The fourth-order valence-electron chi connectivity index (χ4n) is 2.23. The highest BCUT2D eigenvalue weighted by atomic mass is 19.4. The van der Waals surface area contributed by atoms with Gasteiger partial charge in [-0.05, 0) is 52.3 Å². The SMILES string of the molecule is Cc1cc(N)cc(B2OC(C)(C)C(C)(C)O2)c1OC(F)(F)F. The van der Waals surface area contributed by atoms with Crippen molar-refractivity contribution in [1.82, 2.24) is 0 Å². The van der Waals surface area contributed by atoms with Gasteiger partial charge in [-0.25, -0.2) is 0 Å². The van der Waals surface area contributed by atoms with Crippen LogP contribution in [0.1, 0.15) is 33.3 Å². The molecule has 0 aromatic heterocycles. The van der Waals surface area contributed by atoms with Gasteiger partial charge in [0.05, 0.1) is 11.2 Å². The van der Waals surface area contributed by atoms with Crippen LogP contribution in [0.2, 0.25) is 0 Å². The van der Waals surface area contributed by atoms with E-state index in [9.17, 15) is 13.2 Å². The molecule has 122 valence electrons. The molecule has 0 radical (unpaired) electrons. The van der Waals surface area contributed by atoms with Crippen molar-refractivity contribution in [3.8, 4) is 5.75 Å². The van der Waals surface area contributed by atoms with Crippen molar-refractivity contribution in [3.63, 3.8) is 0 Å². The highest BCUT2D eigenvalue weighted by Gasteiger charge is 2.53. The van der Waals surface area contributed by atoms with E-state index in [0.717, 1.165) is 0 Å². The molecular formula is C14H19BF3NO3. The molecule has 0 unspecified atom stereocenters. The number of hydrogen-bond donors (Lipinski definition) is 1. The summed E-state index contributed by atoms with van der Waals surface area (Å²) in [7, 11) is -0.982. The predicted octanol–water partition coefficient (Wildman–Crippen LogP) is 2.78. The summed E-state index contributed by atoms with van der Waals surface area (Å²) in [5, 5.41) is 0. The van der Waals surface area contributed by atoms with E-state index in [-0.39, 0.29) is 16.8 Å². The second kappa shape index (κ2) is 5.06.